The second kappa shape index (κ2) is 8.60. The van der Waals surface area contributed by atoms with Crippen molar-refractivity contribution in [2.24, 2.45) is 0 Å². The molecular formula is C14H22NO9+. The molecule has 0 bridgehead atoms. The van der Waals surface area contributed by atoms with Gasteiger partial charge in [-0.25, -0.2) is 0 Å². The molecule has 24 heavy (non-hydrogen) atoms. The van der Waals surface area contributed by atoms with Gasteiger partial charge in [0.15, 0.2) is 18.2 Å². The third-order valence-corrected chi connectivity index (χ3v) is 3.11. The first-order chi connectivity index (χ1) is 11.1. The molecule has 1 heterocycles. The molecular weight excluding hydrogens is 326 g/mol. The number of hydrogen-bond donors (Lipinski definition) is 1. The monoisotopic (exact) mass is 348 g/mol. The van der Waals surface area contributed by atoms with Crippen LogP contribution in [0.1, 0.15) is 27.7 Å². The van der Waals surface area contributed by atoms with E-state index in [9.17, 15) is 19.2 Å². The quantitative estimate of drug-likeness (QED) is 0.455. The number of carbonyl (C=O) groups excluding carboxylic acids is 4. The van der Waals surface area contributed by atoms with Crippen molar-refractivity contribution in [2.45, 2.75) is 58.3 Å². The summed E-state index contributed by atoms with van der Waals surface area (Å²) in [5, 5.41) is 0. The van der Waals surface area contributed by atoms with Crippen molar-refractivity contribution in [1.82, 2.24) is 0 Å². The van der Waals surface area contributed by atoms with Gasteiger partial charge < -0.3 is 29.4 Å². The zero-order valence-electron chi connectivity index (χ0n) is 14.0. The Kier molecular flexibility index (Phi) is 7.11. The van der Waals surface area contributed by atoms with Crippen molar-refractivity contribution in [1.29, 1.82) is 0 Å². The molecule has 0 aliphatic carbocycles. The van der Waals surface area contributed by atoms with Crippen molar-refractivity contribution >= 4 is 23.9 Å². The van der Waals surface area contributed by atoms with Crippen molar-refractivity contribution in [3.63, 3.8) is 0 Å². The van der Waals surface area contributed by atoms with E-state index in [1.54, 1.807) is 0 Å². The number of rotatable bonds is 5. The van der Waals surface area contributed by atoms with E-state index in [-0.39, 0.29) is 6.61 Å². The van der Waals surface area contributed by atoms with E-state index in [1.807, 2.05) is 0 Å². The molecule has 1 aliphatic heterocycles. The standard InChI is InChI=1S/C14H21NO9/c1-6(16)20-5-10-12(21-7(2)17)13(22-8(3)18)11(15)14(24-10)23-9(4)19/h10-14H,5,15H2,1-4H3/p+1/t10-,11-,12+,13-,14-/m1/s1. The van der Waals surface area contributed by atoms with Crippen LogP contribution in [0.25, 0.3) is 0 Å². The molecule has 0 aromatic carbocycles. The number of quaternary nitrogens is 1. The van der Waals surface area contributed by atoms with Gasteiger partial charge in [-0.15, -0.1) is 0 Å². The molecule has 1 fully saturated rings. The summed E-state index contributed by atoms with van der Waals surface area (Å²) in [4.78, 5) is 45.0. The maximum atomic E-state index is 11.4. The maximum absolute atomic E-state index is 11.4. The van der Waals surface area contributed by atoms with Gasteiger partial charge in [-0.2, -0.15) is 0 Å². The fraction of sp³-hybridized carbons (Fsp3) is 0.714. The fourth-order valence-corrected chi connectivity index (χ4v) is 2.25. The number of esters is 4. The van der Waals surface area contributed by atoms with Crippen molar-refractivity contribution in [2.75, 3.05) is 6.61 Å². The lowest BCUT2D eigenvalue weighted by Gasteiger charge is -2.41. The van der Waals surface area contributed by atoms with Gasteiger partial charge in [0.25, 0.3) is 6.29 Å². The Balaban J connectivity index is 3.08. The highest BCUT2D eigenvalue weighted by molar-refractivity contribution is 5.68. The molecule has 1 aliphatic rings. The zero-order valence-corrected chi connectivity index (χ0v) is 14.0. The average Bonchev–Trinajstić information content (AvgIpc) is 2.42. The predicted molar refractivity (Wildman–Crippen MR) is 74.8 cm³/mol. The van der Waals surface area contributed by atoms with Gasteiger partial charge in [-0.3, -0.25) is 19.2 Å². The number of hydrogen-bond acceptors (Lipinski definition) is 9. The normalized spacial score (nSPS) is 29.3. The number of carbonyl (C=O) groups is 4. The van der Waals surface area contributed by atoms with Crippen LogP contribution in [0.4, 0.5) is 0 Å². The van der Waals surface area contributed by atoms with E-state index in [0.29, 0.717) is 0 Å². The van der Waals surface area contributed by atoms with Crippen LogP contribution in [-0.2, 0) is 42.9 Å². The van der Waals surface area contributed by atoms with Gasteiger partial charge in [0.05, 0.1) is 0 Å². The van der Waals surface area contributed by atoms with Crippen molar-refractivity contribution < 1.29 is 48.6 Å². The van der Waals surface area contributed by atoms with Gasteiger partial charge >= 0.3 is 23.9 Å². The highest BCUT2D eigenvalue weighted by Gasteiger charge is 2.52. The minimum absolute atomic E-state index is 0.282. The number of ether oxygens (including phenoxy) is 5. The summed E-state index contributed by atoms with van der Waals surface area (Å²) in [7, 11) is 0. The molecule has 5 atom stereocenters. The summed E-state index contributed by atoms with van der Waals surface area (Å²) < 4.78 is 25.8. The van der Waals surface area contributed by atoms with Gasteiger partial charge in [0.2, 0.25) is 0 Å². The van der Waals surface area contributed by atoms with E-state index < -0.39 is 54.5 Å². The summed E-state index contributed by atoms with van der Waals surface area (Å²) >= 11 is 0. The maximum Gasteiger partial charge on any atom is 0.305 e. The first kappa shape index (κ1) is 19.8. The Morgan fingerprint density at radius 3 is 1.79 bits per heavy atom. The topological polar surface area (TPSA) is 142 Å². The zero-order chi connectivity index (χ0) is 18.4. The van der Waals surface area contributed by atoms with E-state index >= 15 is 0 Å². The smallest absolute Gasteiger partial charge is 0.305 e. The molecule has 0 amide bonds. The van der Waals surface area contributed by atoms with Gasteiger partial charge in [0.1, 0.15) is 12.7 Å². The summed E-state index contributed by atoms with van der Waals surface area (Å²) in [6.07, 6.45) is -4.26. The Hall–Kier alpha value is -2.20. The molecule has 1 rings (SSSR count). The average molecular weight is 348 g/mol. The molecule has 10 nitrogen and oxygen atoms in total. The Bertz CT molecular complexity index is 490. The van der Waals surface area contributed by atoms with Gasteiger partial charge in [-0.05, 0) is 0 Å². The van der Waals surface area contributed by atoms with E-state index in [1.165, 1.54) is 27.7 Å². The Morgan fingerprint density at radius 2 is 1.33 bits per heavy atom. The first-order valence-electron chi connectivity index (χ1n) is 7.25. The van der Waals surface area contributed by atoms with Crippen LogP contribution in [0, 0.1) is 0 Å². The molecule has 10 heteroatoms. The lowest BCUT2D eigenvalue weighted by Crippen LogP contribution is -2.79. The lowest BCUT2D eigenvalue weighted by molar-refractivity contribution is -0.496. The van der Waals surface area contributed by atoms with Crippen molar-refractivity contribution in [3.05, 3.63) is 0 Å². The Morgan fingerprint density at radius 1 is 0.833 bits per heavy atom. The summed E-state index contributed by atoms with van der Waals surface area (Å²) in [5.41, 5.74) is 3.78. The van der Waals surface area contributed by atoms with E-state index in [2.05, 4.69) is 5.73 Å². The summed E-state index contributed by atoms with van der Waals surface area (Å²) in [6, 6.07) is -0.851. The fourth-order valence-electron chi connectivity index (χ4n) is 2.25. The van der Waals surface area contributed by atoms with Crippen LogP contribution in [0.3, 0.4) is 0 Å². The molecule has 3 N–H and O–H groups in total. The minimum atomic E-state index is -1.15. The second-order valence-electron chi connectivity index (χ2n) is 5.27. The molecule has 0 aromatic rings. The van der Waals surface area contributed by atoms with Crippen LogP contribution >= 0.6 is 0 Å². The molecule has 0 unspecified atom stereocenters. The van der Waals surface area contributed by atoms with Crippen molar-refractivity contribution in [3.8, 4) is 0 Å². The van der Waals surface area contributed by atoms with E-state index in [4.69, 9.17) is 23.7 Å². The third kappa shape index (κ3) is 5.78. The predicted octanol–water partition coefficient (Wildman–Crippen LogP) is -1.69. The summed E-state index contributed by atoms with van der Waals surface area (Å²) in [6.45, 7) is 4.44. The van der Waals surface area contributed by atoms with Crippen LogP contribution in [-0.4, -0.2) is 61.1 Å². The highest BCUT2D eigenvalue weighted by atomic mass is 16.7. The van der Waals surface area contributed by atoms with Crippen LogP contribution in [0.15, 0.2) is 0 Å². The highest BCUT2D eigenvalue weighted by Crippen LogP contribution is 2.25. The molecule has 0 radical (unpaired) electrons. The van der Waals surface area contributed by atoms with E-state index in [0.717, 1.165) is 0 Å². The molecule has 0 saturated carbocycles. The molecule has 0 spiro atoms. The lowest BCUT2D eigenvalue weighted by atomic mass is 9.97. The van der Waals surface area contributed by atoms with Gasteiger partial charge in [-0.1, -0.05) is 0 Å². The SMILES string of the molecule is CC(=O)OC[C@H]1O[C@@H](OC(C)=O)[C@H]([NH3+])[C@@H](OC(C)=O)[C@H]1OC(C)=O. The van der Waals surface area contributed by atoms with Gasteiger partial charge in [0, 0.05) is 27.7 Å². The largest absolute Gasteiger partial charge is 0.463 e. The second-order valence-corrected chi connectivity index (χ2v) is 5.27. The van der Waals surface area contributed by atoms with Crippen LogP contribution in [0.5, 0.6) is 0 Å². The minimum Gasteiger partial charge on any atom is -0.463 e. The third-order valence-electron chi connectivity index (χ3n) is 3.11. The molecule has 0 aromatic heterocycles. The molecule has 1 saturated heterocycles. The summed E-state index contributed by atoms with van der Waals surface area (Å²) in [5.74, 6) is -2.50. The van der Waals surface area contributed by atoms with Crippen LogP contribution < -0.4 is 5.73 Å². The Labute approximate surface area is 138 Å². The first-order valence-corrected chi connectivity index (χ1v) is 7.25. The molecule has 136 valence electrons. The van der Waals surface area contributed by atoms with Crippen LogP contribution in [0.2, 0.25) is 0 Å².